The quantitative estimate of drug-likeness (QED) is 0.237. The Morgan fingerprint density at radius 2 is 0.615 bits per heavy atom. The first-order valence-electron chi connectivity index (χ1n) is 15.9. The van der Waals surface area contributed by atoms with E-state index in [0.717, 1.165) is 43.5 Å². The van der Waals surface area contributed by atoms with Crippen molar-refractivity contribution in [2.24, 2.45) is 23.7 Å². The predicted octanol–water partition coefficient (Wildman–Crippen LogP) is 11.0. The van der Waals surface area contributed by atoms with Gasteiger partial charge < -0.3 is 11.5 Å². The minimum atomic E-state index is 0.449. The highest BCUT2D eigenvalue weighted by Gasteiger charge is 2.22. The second kappa shape index (κ2) is 14.6. The molecule has 0 amide bonds. The summed E-state index contributed by atoms with van der Waals surface area (Å²) in [6.07, 6.45) is 5.54. The lowest BCUT2D eigenvalue weighted by Gasteiger charge is -2.25. The van der Waals surface area contributed by atoms with Crippen LogP contribution in [-0.2, 0) is 6.42 Å². The van der Waals surface area contributed by atoms with Gasteiger partial charge in [0.2, 0.25) is 0 Å². The summed E-state index contributed by atoms with van der Waals surface area (Å²) < 4.78 is 0. The van der Waals surface area contributed by atoms with Gasteiger partial charge in [-0.3, -0.25) is 0 Å². The van der Waals surface area contributed by atoms with Crippen LogP contribution in [0.5, 0.6) is 0 Å². The maximum absolute atomic E-state index is 6.92. The number of rotatable bonds is 14. The monoisotopic (exact) mass is 534 g/mol. The van der Waals surface area contributed by atoms with Gasteiger partial charge >= 0.3 is 0 Å². The average Bonchev–Trinajstić information content (AvgIpc) is 2.78. The van der Waals surface area contributed by atoms with E-state index in [0.29, 0.717) is 47.3 Å². The highest BCUT2D eigenvalue weighted by atomic mass is 14.6. The smallest absolute Gasteiger partial charge is 0.0384 e. The summed E-state index contributed by atoms with van der Waals surface area (Å²) in [4.78, 5) is 0. The molecule has 0 bridgehead atoms. The van der Waals surface area contributed by atoms with Crippen molar-refractivity contribution in [3.8, 4) is 0 Å². The highest BCUT2D eigenvalue weighted by molar-refractivity contribution is 5.61. The second-order valence-corrected chi connectivity index (χ2v) is 14.7. The SMILES string of the molecule is CC(C)CC(C)c1cc(Cc2cc(C(C)CC(C)C)c(N)c(C(C)CC(C)C)c2)cc(C(C)CC(C)C)c1N. The molecule has 2 aromatic carbocycles. The van der Waals surface area contributed by atoms with Crippen molar-refractivity contribution in [1.82, 2.24) is 0 Å². The molecule has 0 aliphatic carbocycles. The number of nitrogen functional groups attached to an aromatic ring is 2. The van der Waals surface area contributed by atoms with Crippen LogP contribution in [0, 0.1) is 23.7 Å². The number of benzene rings is 2. The van der Waals surface area contributed by atoms with E-state index < -0.39 is 0 Å². The van der Waals surface area contributed by atoms with E-state index in [1.165, 1.54) is 33.4 Å². The zero-order valence-electron chi connectivity index (χ0n) is 27.6. The molecule has 0 saturated heterocycles. The van der Waals surface area contributed by atoms with Gasteiger partial charge in [-0.2, -0.15) is 0 Å². The molecule has 2 rings (SSSR count). The fourth-order valence-corrected chi connectivity index (χ4v) is 6.93. The van der Waals surface area contributed by atoms with E-state index in [9.17, 15) is 0 Å². The van der Waals surface area contributed by atoms with E-state index in [-0.39, 0.29) is 0 Å². The summed E-state index contributed by atoms with van der Waals surface area (Å²) in [5.74, 6) is 4.38. The summed E-state index contributed by atoms with van der Waals surface area (Å²) in [5, 5.41) is 0. The maximum atomic E-state index is 6.92. The molecule has 0 aromatic heterocycles. The van der Waals surface area contributed by atoms with Crippen LogP contribution in [0.2, 0.25) is 0 Å². The van der Waals surface area contributed by atoms with Gasteiger partial charge in [-0.05, 0) is 113 Å². The molecule has 0 spiro atoms. The van der Waals surface area contributed by atoms with Gasteiger partial charge in [0, 0.05) is 11.4 Å². The van der Waals surface area contributed by atoms with Gasteiger partial charge in [-0.25, -0.2) is 0 Å². The summed E-state index contributed by atoms with van der Waals surface area (Å²) in [6.45, 7) is 27.9. The fourth-order valence-electron chi connectivity index (χ4n) is 6.93. The van der Waals surface area contributed by atoms with E-state index in [1.54, 1.807) is 0 Å². The largest absolute Gasteiger partial charge is 0.398 e. The minimum Gasteiger partial charge on any atom is -0.398 e. The van der Waals surface area contributed by atoms with Crippen LogP contribution in [0.25, 0.3) is 0 Å². The summed E-state index contributed by atoms with van der Waals surface area (Å²) in [6, 6.07) is 9.66. The molecule has 0 fully saturated rings. The molecule has 2 nitrogen and oxygen atoms in total. The van der Waals surface area contributed by atoms with Crippen molar-refractivity contribution < 1.29 is 0 Å². The molecule has 0 aliphatic heterocycles. The van der Waals surface area contributed by atoms with Gasteiger partial charge in [0.25, 0.3) is 0 Å². The van der Waals surface area contributed by atoms with E-state index >= 15 is 0 Å². The third-order valence-electron chi connectivity index (χ3n) is 8.44. The summed E-state index contributed by atoms with van der Waals surface area (Å²) in [5.41, 5.74) is 24.0. The summed E-state index contributed by atoms with van der Waals surface area (Å²) >= 11 is 0. The topological polar surface area (TPSA) is 52.0 Å². The lowest BCUT2D eigenvalue weighted by molar-refractivity contribution is 0.517. The molecule has 0 aliphatic rings. The number of hydrogen-bond donors (Lipinski definition) is 2. The second-order valence-electron chi connectivity index (χ2n) is 14.7. The van der Waals surface area contributed by atoms with Crippen molar-refractivity contribution in [2.45, 2.75) is 139 Å². The molecule has 4 unspecified atom stereocenters. The lowest BCUT2D eigenvalue weighted by Crippen LogP contribution is -2.11. The van der Waals surface area contributed by atoms with Crippen molar-refractivity contribution >= 4 is 11.4 Å². The van der Waals surface area contributed by atoms with Crippen LogP contribution in [-0.4, -0.2) is 0 Å². The molecule has 2 heteroatoms. The molecule has 2 aromatic rings. The Hall–Kier alpha value is -1.96. The van der Waals surface area contributed by atoms with Crippen LogP contribution in [0.15, 0.2) is 24.3 Å². The lowest BCUT2D eigenvalue weighted by atomic mass is 9.81. The zero-order valence-corrected chi connectivity index (χ0v) is 27.6. The third kappa shape index (κ3) is 9.58. The van der Waals surface area contributed by atoms with E-state index in [1.807, 2.05) is 0 Å². The van der Waals surface area contributed by atoms with Crippen molar-refractivity contribution in [3.05, 3.63) is 57.6 Å². The van der Waals surface area contributed by atoms with Crippen LogP contribution in [0.4, 0.5) is 11.4 Å². The molecule has 0 radical (unpaired) electrons. The molecule has 0 heterocycles. The normalized spacial score (nSPS) is 15.4. The Morgan fingerprint density at radius 3 is 0.795 bits per heavy atom. The Morgan fingerprint density at radius 1 is 0.410 bits per heavy atom. The van der Waals surface area contributed by atoms with Crippen molar-refractivity contribution in [1.29, 1.82) is 0 Å². The summed E-state index contributed by atoms with van der Waals surface area (Å²) in [7, 11) is 0. The van der Waals surface area contributed by atoms with Crippen LogP contribution >= 0.6 is 0 Å². The Labute approximate surface area is 242 Å². The van der Waals surface area contributed by atoms with Gasteiger partial charge in [-0.1, -0.05) is 107 Å². The number of nitrogens with two attached hydrogens (primary N) is 2. The predicted molar refractivity (Wildman–Crippen MR) is 176 cm³/mol. The maximum Gasteiger partial charge on any atom is 0.0384 e. The zero-order chi connectivity index (χ0) is 29.6. The molecular weight excluding hydrogens is 472 g/mol. The van der Waals surface area contributed by atoms with Crippen molar-refractivity contribution in [2.75, 3.05) is 11.5 Å². The van der Waals surface area contributed by atoms with Gasteiger partial charge in [-0.15, -0.1) is 0 Å². The highest BCUT2D eigenvalue weighted by Crippen LogP contribution is 2.39. The number of hydrogen-bond acceptors (Lipinski definition) is 2. The molecule has 4 atom stereocenters. The Bertz CT molecular complexity index is 888. The van der Waals surface area contributed by atoms with Crippen LogP contribution in [0.3, 0.4) is 0 Å². The van der Waals surface area contributed by atoms with Crippen LogP contribution in [0.1, 0.15) is 166 Å². The first-order valence-corrected chi connectivity index (χ1v) is 15.9. The van der Waals surface area contributed by atoms with E-state index in [4.69, 9.17) is 11.5 Å². The molecule has 220 valence electrons. The average molecular weight is 535 g/mol. The van der Waals surface area contributed by atoms with Gasteiger partial charge in [0.05, 0.1) is 0 Å². The molecular formula is C37H62N2. The first-order chi connectivity index (χ1) is 18.1. The molecule has 4 N–H and O–H groups in total. The molecule has 0 saturated carbocycles. The Balaban J connectivity index is 2.65. The van der Waals surface area contributed by atoms with Crippen LogP contribution < -0.4 is 11.5 Å². The molecule has 39 heavy (non-hydrogen) atoms. The Kier molecular flexibility index (Phi) is 12.5. The first kappa shape index (κ1) is 33.2. The van der Waals surface area contributed by atoms with Crippen molar-refractivity contribution in [3.63, 3.8) is 0 Å². The number of anilines is 2. The standard InChI is InChI=1S/C37H62N2/c1-22(2)13-26(9)32-18-30(19-33(36(32)38)27(10)14-23(3)4)17-31-20-34(28(11)15-24(5)6)37(39)35(21-31)29(12)16-25(7)8/h18-29H,13-17,38-39H2,1-12H3. The van der Waals surface area contributed by atoms with E-state index in [2.05, 4.69) is 107 Å². The third-order valence-corrected chi connectivity index (χ3v) is 8.44. The fraction of sp³-hybridized carbons (Fsp3) is 0.676. The minimum absolute atomic E-state index is 0.449. The van der Waals surface area contributed by atoms with Gasteiger partial charge in [0.1, 0.15) is 0 Å². The van der Waals surface area contributed by atoms with Gasteiger partial charge in [0.15, 0.2) is 0 Å².